The molecule has 2 aromatic rings. The molecule has 3 heteroatoms. The smallest absolute Gasteiger partial charge is 0.248 e. The number of nitrogens with one attached hydrogen (secondary N) is 1. The first-order valence-corrected chi connectivity index (χ1v) is 6.11. The molecule has 1 aromatic carbocycles. The lowest BCUT2D eigenvalue weighted by atomic mass is 10.1. The van der Waals surface area contributed by atoms with Crippen LogP contribution in [-0.2, 0) is 4.79 Å². The van der Waals surface area contributed by atoms with Crippen LogP contribution >= 0.6 is 11.3 Å². The maximum absolute atomic E-state index is 11.1. The van der Waals surface area contributed by atoms with Crippen LogP contribution < -0.4 is 5.32 Å². The molecule has 0 fully saturated rings. The van der Waals surface area contributed by atoms with E-state index in [4.69, 9.17) is 0 Å². The standard InChI is InChI=1S/C14H13NOS/c1-3-13(16)15-14-9-8-12(17-14)11-6-4-10(2)5-7-11/h3-9H,1H2,2H3,(H,15,16). The molecule has 1 aromatic heterocycles. The van der Waals surface area contributed by atoms with E-state index < -0.39 is 0 Å². The predicted molar refractivity (Wildman–Crippen MR) is 73.3 cm³/mol. The van der Waals surface area contributed by atoms with E-state index >= 15 is 0 Å². The number of benzene rings is 1. The van der Waals surface area contributed by atoms with Gasteiger partial charge in [0.2, 0.25) is 5.91 Å². The summed E-state index contributed by atoms with van der Waals surface area (Å²) in [5.74, 6) is -0.178. The zero-order chi connectivity index (χ0) is 12.3. The second-order valence-electron chi connectivity index (χ2n) is 3.72. The predicted octanol–water partition coefficient (Wildman–Crippen LogP) is 3.85. The quantitative estimate of drug-likeness (QED) is 0.815. The fraction of sp³-hybridized carbons (Fsp3) is 0.0714. The average molecular weight is 243 g/mol. The minimum Gasteiger partial charge on any atom is -0.314 e. The highest BCUT2D eigenvalue weighted by molar-refractivity contribution is 7.19. The number of thiophene rings is 1. The normalized spacial score (nSPS) is 9.94. The Balaban J connectivity index is 2.20. The summed E-state index contributed by atoms with van der Waals surface area (Å²) in [6.45, 7) is 5.49. The Morgan fingerprint density at radius 3 is 2.59 bits per heavy atom. The minimum atomic E-state index is -0.178. The number of hydrogen-bond donors (Lipinski definition) is 1. The molecule has 0 unspecified atom stereocenters. The van der Waals surface area contributed by atoms with Crippen LogP contribution in [0.25, 0.3) is 10.4 Å². The molecule has 2 nitrogen and oxygen atoms in total. The fourth-order valence-corrected chi connectivity index (χ4v) is 2.37. The molecule has 0 radical (unpaired) electrons. The monoisotopic (exact) mass is 243 g/mol. The van der Waals surface area contributed by atoms with Crippen LogP contribution in [0.2, 0.25) is 0 Å². The van der Waals surface area contributed by atoms with E-state index in [0.717, 1.165) is 9.88 Å². The van der Waals surface area contributed by atoms with Gasteiger partial charge >= 0.3 is 0 Å². The van der Waals surface area contributed by atoms with Crippen molar-refractivity contribution in [1.29, 1.82) is 0 Å². The van der Waals surface area contributed by atoms with Gasteiger partial charge in [-0.1, -0.05) is 36.4 Å². The lowest BCUT2D eigenvalue weighted by Crippen LogP contribution is -2.05. The van der Waals surface area contributed by atoms with Crippen LogP contribution in [0.4, 0.5) is 5.00 Å². The molecule has 86 valence electrons. The average Bonchev–Trinajstić information content (AvgIpc) is 2.78. The van der Waals surface area contributed by atoms with Crippen LogP contribution in [0.5, 0.6) is 0 Å². The van der Waals surface area contributed by atoms with Crippen molar-refractivity contribution in [3.63, 3.8) is 0 Å². The Morgan fingerprint density at radius 1 is 1.24 bits per heavy atom. The summed E-state index contributed by atoms with van der Waals surface area (Å²) in [5.41, 5.74) is 2.41. The first kappa shape index (κ1) is 11.6. The van der Waals surface area contributed by atoms with E-state index in [9.17, 15) is 4.79 Å². The Hall–Kier alpha value is -1.87. The van der Waals surface area contributed by atoms with Crippen LogP contribution in [-0.4, -0.2) is 5.91 Å². The van der Waals surface area contributed by atoms with Crippen molar-refractivity contribution in [3.8, 4) is 10.4 Å². The molecule has 0 aliphatic rings. The maximum atomic E-state index is 11.1. The molecular formula is C14H13NOS. The highest BCUT2D eigenvalue weighted by Gasteiger charge is 2.04. The van der Waals surface area contributed by atoms with Crippen LogP contribution in [0, 0.1) is 6.92 Å². The molecule has 2 rings (SSSR count). The number of carbonyl (C=O) groups is 1. The van der Waals surface area contributed by atoms with Gasteiger partial charge in [-0.15, -0.1) is 11.3 Å². The van der Waals surface area contributed by atoms with Gasteiger partial charge in [-0.05, 0) is 30.7 Å². The van der Waals surface area contributed by atoms with Gasteiger partial charge < -0.3 is 5.32 Å². The fourth-order valence-electron chi connectivity index (χ4n) is 1.45. The third-order valence-electron chi connectivity index (χ3n) is 2.37. The Bertz CT molecular complexity index is 540. The van der Waals surface area contributed by atoms with E-state index in [1.165, 1.54) is 17.2 Å². The van der Waals surface area contributed by atoms with Crippen molar-refractivity contribution >= 4 is 22.2 Å². The van der Waals surface area contributed by atoms with Crippen molar-refractivity contribution < 1.29 is 4.79 Å². The van der Waals surface area contributed by atoms with Gasteiger partial charge in [-0.25, -0.2) is 0 Å². The van der Waals surface area contributed by atoms with Gasteiger partial charge in [-0.2, -0.15) is 0 Å². The van der Waals surface area contributed by atoms with Gasteiger partial charge in [0.1, 0.15) is 0 Å². The van der Waals surface area contributed by atoms with Gasteiger partial charge in [0.25, 0.3) is 0 Å². The summed E-state index contributed by atoms with van der Waals surface area (Å²) < 4.78 is 0. The number of hydrogen-bond acceptors (Lipinski definition) is 2. The largest absolute Gasteiger partial charge is 0.314 e. The van der Waals surface area contributed by atoms with E-state index in [-0.39, 0.29) is 5.91 Å². The molecule has 0 bridgehead atoms. The molecule has 0 aliphatic carbocycles. The SMILES string of the molecule is C=CC(=O)Nc1ccc(-c2ccc(C)cc2)s1. The zero-order valence-electron chi connectivity index (χ0n) is 9.57. The number of carbonyl (C=O) groups excluding carboxylic acids is 1. The summed E-state index contributed by atoms with van der Waals surface area (Å²) in [6, 6.07) is 12.2. The van der Waals surface area contributed by atoms with Crippen molar-refractivity contribution in [2.45, 2.75) is 6.92 Å². The first-order valence-electron chi connectivity index (χ1n) is 5.29. The number of amides is 1. The molecule has 1 heterocycles. The molecule has 0 saturated carbocycles. The van der Waals surface area contributed by atoms with Crippen LogP contribution in [0.3, 0.4) is 0 Å². The second-order valence-corrected chi connectivity index (χ2v) is 4.81. The minimum absolute atomic E-state index is 0.178. The summed E-state index contributed by atoms with van der Waals surface area (Å²) in [7, 11) is 0. The van der Waals surface area contributed by atoms with Crippen molar-refractivity contribution in [2.24, 2.45) is 0 Å². The van der Waals surface area contributed by atoms with E-state index in [1.807, 2.05) is 12.1 Å². The molecule has 17 heavy (non-hydrogen) atoms. The van der Waals surface area contributed by atoms with E-state index in [0.29, 0.717) is 0 Å². The van der Waals surface area contributed by atoms with Crippen molar-refractivity contribution in [2.75, 3.05) is 5.32 Å². The third kappa shape index (κ3) is 2.82. The summed E-state index contributed by atoms with van der Waals surface area (Å²) in [4.78, 5) is 12.3. The third-order valence-corrected chi connectivity index (χ3v) is 3.42. The lowest BCUT2D eigenvalue weighted by molar-refractivity contribution is -0.111. The summed E-state index contributed by atoms with van der Waals surface area (Å²) in [6.07, 6.45) is 1.27. The molecular weight excluding hydrogens is 230 g/mol. The molecule has 0 spiro atoms. The Kier molecular flexibility index (Phi) is 3.40. The lowest BCUT2D eigenvalue weighted by Gasteiger charge is -1.98. The van der Waals surface area contributed by atoms with Crippen molar-refractivity contribution in [3.05, 3.63) is 54.6 Å². The van der Waals surface area contributed by atoms with Crippen LogP contribution in [0.1, 0.15) is 5.56 Å². The summed E-state index contributed by atoms with van der Waals surface area (Å²) in [5, 5.41) is 3.59. The molecule has 0 atom stereocenters. The maximum Gasteiger partial charge on any atom is 0.248 e. The number of aryl methyl sites for hydroxylation is 1. The number of rotatable bonds is 3. The zero-order valence-corrected chi connectivity index (χ0v) is 10.4. The highest BCUT2D eigenvalue weighted by Crippen LogP contribution is 2.31. The van der Waals surface area contributed by atoms with Gasteiger partial charge in [-0.3, -0.25) is 4.79 Å². The van der Waals surface area contributed by atoms with Gasteiger partial charge in [0.15, 0.2) is 0 Å². The Morgan fingerprint density at radius 2 is 1.94 bits per heavy atom. The first-order chi connectivity index (χ1) is 8.19. The Labute approximate surface area is 105 Å². The molecule has 0 saturated heterocycles. The van der Waals surface area contributed by atoms with Gasteiger partial charge in [0, 0.05) is 4.88 Å². The highest BCUT2D eigenvalue weighted by atomic mass is 32.1. The topological polar surface area (TPSA) is 29.1 Å². The number of anilines is 1. The van der Waals surface area contributed by atoms with Gasteiger partial charge in [0.05, 0.1) is 5.00 Å². The second kappa shape index (κ2) is 4.97. The van der Waals surface area contributed by atoms with Crippen molar-refractivity contribution in [1.82, 2.24) is 0 Å². The molecule has 1 N–H and O–H groups in total. The molecule has 0 aliphatic heterocycles. The molecule has 1 amide bonds. The summed E-state index contributed by atoms with van der Waals surface area (Å²) >= 11 is 1.56. The van der Waals surface area contributed by atoms with Crippen LogP contribution in [0.15, 0.2) is 49.1 Å². The van der Waals surface area contributed by atoms with E-state index in [2.05, 4.69) is 43.1 Å². The van der Waals surface area contributed by atoms with E-state index in [1.54, 1.807) is 11.3 Å².